The topological polar surface area (TPSA) is 82.1 Å². The molecule has 1 unspecified atom stereocenters. The van der Waals surface area contributed by atoms with Crippen molar-refractivity contribution >= 4 is 16.9 Å². The molecular formula is C11H18N6O. The van der Waals surface area contributed by atoms with E-state index in [1.165, 1.54) is 6.33 Å². The highest BCUT2D eigenvalue weighted by molar-refractivity contribution is 5.86. The predicted molar refractivity (Wildman–Crippen MR) is 69.4 cm³/mol. The second-order valence-electron chi connectivity index (χ2n) is 4.30. The Labute approximate surface area is 106 Å². The van der Waals surface area contributed by atoms with Crippen LogP contribution in [0, 0.1) is 0 Å². The number of anilines is 1. The van der Waals surface area contributed by atoms with Gasteiger partial charge in [-0.25, -0.2) is 9.97 Å². The van der Waals surface area contributed by atoms with E-state index in [-0.39, 0.29) is 6.04 Å². The number of hydrogen-bond acceptors (Lipinski definition) is 6. The molecule has 7 nitrogen and oxygen atoms in total. The van der Waals surface area contributed by atoms with Crippen LogP contribution >= 0.6 is 0 Å². The van der Waals surface area contributed by atoms with Crippen molar-refractivity contribution in [2.24, 2.45) is 12.8 Å². The van der Waals surface area contributed by atoms with E-state index in [9.17, 15) is 0 Å². The highest BCUT2D eigenvalue weighted by atomic mass is 16.5. The molecule has 2 aromatic heterocycles. The van der Waals surface area contributed by atoms with Crippen molar-refractivity contribution in [2.45, 2.75) is 6.04 Å². The van der Waals surface area contributed by atoms with Gasteiger partial charge in [-0.15, -0.1) is 0 Å². The van der Waals surface area contributed by atoms with Crippen LogP contribution in [0.5, 0.6) is 0 Å². The molecule has 0 spiro atoms. The van der Waals surface area contributed by atoms with Gasteiger partial charge in [0.2, 0.25) is 0 Å². The van der Waals surface area contributed by atoms with E-state index in [4.69, 9.17) is 10.5 Å². The number of fused-ring (bicyclic) bond motifs is 1. The molecule has 7 heteroatoms. The minimum atomic E-state index is -0.0540. The Kier molecular flexibility index (Phi) is 3.73. The summed E-state index contributed by atoms with van der Waals surface area (Å²) >= 11 is 0. The van der Waals surface area contributed by atoms with E-state index < -0.39 is 0 Å². The standard InChI is InChI=1S/C11H18N6O/c1-16(5-8(12)6-18-3)10-9-4-15-17(2)11(9)14-7-13-10/h4,7-8H,5-6,12H2,1-3H3. The highest BCUT2D eigenvalue weighted by Crippen LogP contribution is 2.20. The van der Waals surface area contributed by atoms with Crippen LogP contribution in [0.4, 0.5) is 5.82 Å². The van der Waals surface area contributed by atoms with Gasteiger partial charge in [0.25, 0.3) is 0 Å². The fourth-order valence-electron chi connectivity index (χ4n) is 1.96. The van der Waals surface area contributed by atoms with Crippen molar-refractivity contribution < 1.29 is 4.74 Å². The molecule has 0 bridgehead atoms. The van der Waals surface area contributed by atoms with Gasteiger partial charge in [-0.1, -0.05) is 0 Å². The van der Waals surface area contributed by atoms with Gasteiger partial charge in [0, 0.05) is 33.8 Å². The number of likely N-dealkylation sites (N-methyl/N-ethyl adjacent to an activating group) is 1. The van der Waals surface area contributed by atoms with Crippen molar-refractivity contribution in [3.8, 4) is 0 Å². The quantitative estimate of drug-likeness (QED) is 0.789. The fraction of sp³-hybridized carbons (Fsp3) is 0.545. The second-order valence-corrected chi connectivity index (χ2v) is 4.30. The van der Waals surface area contributed by atoms with Crippen molar-refractivity contribution in [1.29, 1.82) is 0 Å². The molecule has 0 amide bonds. The van der Waals surface area contributed by atoms with E-state index in [0.717, 1.165) is 16.9 Å². The molecule has 18 heavy (non-hydrogen) atoms. The zero-order chi connectivity index (χ0) is 13.1. The molecule has 0 aromatic carbocycles. The van der Waals surface area contributed by atoms with Gasteiger partial charge in [-0.05, 0) is 0 Å². The van der Waals surface area contributed by atoms with Gasteiger partial charge >= 0.3 is 0 Å². The van der Waals surface area contributed by atoms with Crippen LogP contribution in [0.1, 0.15) is 0 Å². The third kappa shape index (κ3) is 2.41. The van der Waals surface area contributed by atoms with Gasteiger partial charge in [-0.3, -0.25) is 4.68 Å². The van der Waals surface area contributed by atoms with E-state index in [0.29, 0.717) is 13.2 Å². The lowest BCUT2D eigenvalue weighted by Gasteiger charge is -2.22. The molecule has 1 atom stereocenters. The Morgan fingerprint density at radius 2 is 2.28 bits per heavy atom. The number of rotatable bonds is 5. The molecule has 0 fully saturated rings. The molecular weight excluding hydrogens is 232 g/mol. The van der Waals surface area contributed by atoms with E-state index in [1.54, 1.807) is 18.0 Å². The normalized spacial score (nSPS) is 12.9. The summed E-state index contributed by atoms with van der Waals surface area (Å²) in [6, 6.07) is -0.0540. The summed E-state index contributed by atoms with van der Waals surface area (Å²) in [5.41, 5.74) is 6.75. The molecule has 0 aliphatic rings. The van der Waals surface area contributed by atoms with Crippen LogP contribution in [0.25, 0.3) is 11.0 Å². The first-order valence-corrected chi connectivity index (χ1v) is 5.72. The average Bonchev–Trinajstić information content (AvgIpc) is 2.71. The average molecular weight is 250 g/mol. The third-order valence-electron chi connectivity index (χ3n) is 2.76. The maximum atomic E-state index is 5.94. The first-order valence-electron chi connectivity index (χ1n) is 5.72. The number of hydrogen-bond donors (Lipinski definition) is 1. The summed E-state index contributed by atoms with van der Waals surface area (Å²) in [5.74, 6) is 0.833. The number of methoxy groups -OCH3 is 1. The van der Waals surface area contributed by atoms with Crippen LogP contribution in [0.2, 0.25) is 0 Å². The molecule has 0 saturated carbocycles. The maximum Gasteiger partial charge on any atom is 0.163 e. The minimum absolute atomic E-state index is 0.0540. The molecule has 2 N–H and O–H groups in total. The number of aryl methyl sites for hydroxylation is 1. The number of nitrogens with zero attached hydrogens (tertiary/aromatic N) is 5. The summed E-state index contributed by atoms with van der Waals surface area (Å²) in [5, 5.41) is 5.11. The Balaban J connectivity index is 2.25. The summed E-state index contributed by atoms with van der Waals surface area (Å²) in [7, 11) is 5.45. The van der Waals surface area contributed by atoms with Crippen LogP contribution in [0.15, 0.2) is 12.5 Å². The van der Waals surface area contributed by atoms with Gasteiger partial charge < -0.3 is 15.4 Å². The molecule has 0 aliphatic carbocycles. The van der Waals surface area contributed by atoms with Crippen LogP contribution in [-0.2, 0) is 11.8 Å². The van der Waals surface area contributed by atoms with Crippen molar-refractivity contribution in [1.82, 2.24) is 19.7 Å². The van der Waals surface area contributed by atoms with Crippen LogP contribution in [-0.4, -0.2) is 53.1 Å². The third-order valence-corrected chi connectivity index (χ3v) is 2.76. The highest BCUT2D eigenvalue weighted by Gasteiger charge is 2.13. The Bertz CT molecular complexity index is 525. The van der Waals surface area contributed by atoms with Gasteiger partial charge in [0.05, 0.1) is 18.2 Å². The Hall–Kier alpha value is -1.73. The van der Waals surface area contributed by atoms with Gasteiger partial charge in [0.1, 0.15) is 12.1 Å². The van der Waals surface area contributed by atoms with Crippen LogP contribution < -0.4 is 10.6 Å². The van der Waals surface area contributed by atoms with E-state index >= 15 is 0 Å². The van der Waals surface area contributed by atoms with E-state index in [2.05, 4.69) is 15.1 Å². The lowest BCUT2D eigenvalue weighted by atomic mass is 10.3. The van der Waals surface area contributed by atoms with Crippen molar-refractivity contribution in [3.63, 3.8) is 0 Å². The molecule has 0 saturated heterocycles. The summed E-state index contributed by atoms with van der Waals surface area (Å²) < 4.78 is 6.76. The first-order chi connectivity index (χ1) is 8.63. The summed E-state index contributed by atoms with van der Waals surface area (Å²) in [6.07, 6.45) is 3.31. The molecule has 0 radical (unpaired) electrons. The monoisotopic (exact) mass is 250 g/mol. The fourth-order valence-corrected chi connectivity index (χ4v) is 1.96. The largest absolute Gasteiger partial charge is 0.383 e. The zero-order valence-corrected chi connectivity index (χ0v) is 10.9. The van der Waals surface area contributed by atoms with E-state index in [1.807, 2.05) is 19.0 Å². The number of ether oxygens (including phenoxy) is 1. The molecule has 2 heterocycles. The minimum Gasteiger partial charge on any atom is -0.383 e. The van der Waals surface area contributed by atoms with Crippen molar-refractivity contribution in [3.05, 3.63) is 12.5 Å². The second kappa shape index (κ2) is 5.28. The smallest absolute Gasteiger partial charge is 0.163 e. The molecule has 98 valence electrons. The summed E-state index contributed by atoms with van der Waals surface area (Å²) in [6.45, 7) is 1.18. The van der Waals surface area contributed by atoms with Crippen molar-refractivity contribution in [2.75, 3.05) is 32.2 Å². The maximum absolute atomic E-state index is 5.94. The number of aromatic nitrogens is 4. The Morgan fingerprint density at radius 1 is 1.50 bits per heavy atom. The van der Waals surface area contributed by atoms with Crippen LogP contribution in [0.3, 0.4) is 0 Å². The SMILES string of the molecule is COCC(N)CN(C)c1ncnc2c1cnn2C. The summed E-state index contributed by atoms with van der Waals surface area (Å²) in [4.78, 5) is 10.5. The lowest BCUT2D eigenvalue weighted by molar-refractivity contribution is 0.181. The molecule has 2 aromatic rings. The predicted octanol–water partition coefficient (Wildman–Crippen LogP) is -0.227. The van der Waals surface area contributed by atoms with Gasteiger partial charge in [-0.2, -0.15) is 5.10 Å². The number of nitrogens with two attached hydrogens (primary N) is 1. The molecule has 0 aliphatic heterocycles. The lowest BCUT2D eigenvalue weighted by Crippen LogP contribution is -2.38. The Morgan fingerprint density at radius 3 is 3.00 bits per heavy atom. The first kappa shape index (κ1) is 12.7. The molecule has 2 rings (SSSR count). The van der Waals surface area contributed by atoms with Gasteiger partial charge in [0.15, 0.2) is 5.65 Å². The zero-order valence-electron chi connectivity index (χ0n) is 10.9.